The number of hydrogen-bond donors (Lipinski definition) is 2. The van der Waals surface area contributed by atoms with E-state index in [9.17, 15) is 18.3 Å². The van der Waals surface area contributed by atoms with Crippen molar-refractivity contribution in [3.8, 4) is 5.75 Å². The van der Waals surface area contributed by atoms with Gasteiger partial charge in [0.1, 0.15) is 18.5 Å². The fourth-order valence-electron chi connectivity index (χ4n) is 1.70. The minimum atomic E-state index is -4.27. The maximum absolute atomic E-state index is 12.1. The lowest BCUT2D eigenvalue weighted by Crippen LogP contribution is -2.38. The first-order valence-electron chi connectivity index (χ1n) is 6.15. The monoisotopic (exact) mass is 292 g/mol. The second kappa shape index (κ2) is 7.47. The number of halogens is 3. The Labute approximate surface area is 115 Å². The van der Waals surface area contributed by atoms with Crippen LogP contribution in [0.25, 0.3) is 0 Å². The molecule has 0 radical (unpaired) electrons. The molecule has 0 saturated heterocycles. The van der Waals surface area contributed by atoms with Crippen LogP contribution in [0.5, 0.6) is 5.75 Å². The van der Waals surface area contributed by atoms with Crippen molar-refractivity contribution in [1.29, 1.82) is 0 Å². The third-order valence-corrected chi connectivity index (χ3v) is 2.57. The van der Waals surface area contributed by atoms with Gasteiger partial charge < -0.3 is 15.6 Å². The molecule has 0 heterocycles. The van der Waals surface area contributed by atoms with Crippen molar-refractivity contribution in [2.75, 3.05) is 26.7 Å². The Kier molecular flexibility index (Phi) is 6.25. The summed E-state index contributed by atoms with van der Waals surface area (Å²) in [5.41, 5.74) is 6.40. The van der Waals surface area contributed by atoms with Gasteiger partial charge in [0.25, 0.3) is 0 Å². The Balaban J connectivity index is 2.33. The average molecular weight is 292 g/mol. The van der Waals surface area contributed by atoms with Gasteiger partial charge in [-0.3, -0.25) is 4.90 Å². The molecule has 1 atom stereocenters. The number of aliphatic hydroxyl groups is 1. The highest BCUT2D eigenvalue weighted by atomic mass is 19.4. The van der Waals surface area contributed by atoms with Gasteiger partial charge in [0.2, 0.25) is 0 Å². The predicted molar refractivity (Wildman–Crippen MR) is 69.4 cm³/mol. The zero-order valence-electron chi connectivity index (χ0n) is 11.2. The van der Waals surface area contributed by atoms with Gasteiger partial charge in [0, 0.05) is 13.1 Å². The summed E-state index contributed by atoms with van der Waals surface area (Å²) >= 11 is 0. The van der Waals surface area contributed by atoms with Crippen molar-refractivity contribution >= 4 is 0 Å². The molecule has 1 aromatic rings. The van der Waals surface area contributed by atoms with Crippen LogP contribution < -0.4 is 10.5 Å². The molecular weight excluding hydrogens is 273 g/mol. The molecule has 0 bridgehead atoms. The van der Waals surface area contributed by atoms with Crippen molar-refractivity contribution in [3.05, 3.63) is 29.8 Å². The standard InChI is InChI=1S/C13H19F3N2O2/c1-18(9-13(14,15)16)7-11(19)8-20-12-4-2-10(6-17)3-5-12/h2-5,11,19H,6-9,17H2,1H3. The molecule has 0 aliphatic carbocycles. The maximum atomic E-state index is 12.1. The van der Waals surface area contributed by atoms with Crippen molar-refractivity contribution in [3.63, 3.8) is 0 Å². The van der Waals surface area contributed by atoms with Gasteiger partial charge in [0.05, 0.1) is 6.54 Å². The zero-order chi connectivity index (χ0) is 15.2. The van der Waals surface area contributed by atoms with E-state index in [1.165, 1.54) is 7.05 Å². The Bertz CT molecular complexity index is 396. The van der Waals surface area contributed by atoms with Crippen LogP contribution in [-0.2, 0) is 6.54 Å². The summed E-state index contributed by atoms with van der Waals surface area (Å²) in [5, 5.41) is 9.62. The Morgan fingerprint density at radius 3 is 2.40 bits per heavy atom. The van der Waals surface area contributed by atoms with Gasteiger partial charge in [-0.2, -0.15) is 13.2 Å². The van der Waals surface area contributed by atoms with Crippen molar-refractivity contribution < 1.29 is 23.0 Å². The van der Waals surface area contributed by atoms with Crippen molar-refractivity contribution in [1.82, 2.24) is 4.90 Å². The summed E-state index contributed by atoms with van der Waals surface area (Å²) in [6, 6.07) is 6.98. The van der Waals surface area contributed by atoms with Gasteiger partial charge in [-0.1, -0.05) is 12.1 Å². The summed E-state index contributed by atoms with van der Waals surface area (Å²) in [5.74, 6) is 0.541. The minimum Gasteiger partial charge on any atom is -0.491 e. The number of hydrogen-bond acceptors (Lipinski definition) is 4. The number of nitrogens with zero attached hydrogens (tertiary/aromatic N) is 1. The SMILES string of the molecule is CN(CC(O)COc1ccc(CN)cc1)CC(F)(F)F. The molecule has 0 aliphatic rings. The first-order chi connectivity index (χ1) is 9.30. The van der Waals surface area contributed by atoms with Crippen LogP contribution in [0.2, 0.25) is 0 Å². The zero-order valence-corrected chi connectivity index (χ0v) is 11.2. The Morgan fingerprint density at radius 1 is 1.30 bits per heavy atom. The highest BCUT2D eigenvalue weighted by Gasteiger charge is 2.29. The number of nitrogens with two attached hydrogens (primary N) is 1. The summed E-state index contributed by atoms with van der Waals surface area (Å²) < 4.78 is 41.6. The van der Waals surface area contributed by atoms with Crippen LogP contribution >= 0.6 is 0 Å². The molecule has 114 valence electrons. The van der Waals surface area contributed by atoms with Gasteiger partial charge in [-0.05, 0) is 24.7 Å². The van der Waals surface area contributed by atoms with Crippen LogP contribution in [0.15, 0.2) is 24.3 Å². The number of ether oxygens (including phenoxy) is 1. The van der Waals surface area contributed by atoms with E-state index < -0.39 is 18.8 Å². The Morgan fingerprint density at radius 2 is 1.90 bits per heavy atom. The molecule has 1 aromatic carbocycles. The predicted octanol–water partition coefficient (Wildman–Crippen LogP) is 1.38. The summed E-state index contributed by atoms with van der Waals surface area (Å²) in [7, 11) is 1.30. The van der Waals surface area contributed by atoms with Crippen molar-refractivity contribution in [2.24, 2.45) is 5.73 Å². The second-order valence-corrected chi connectivity index (χ2v) is 4.62. The summed E-state index contributed by atoms with van der Waals surface area (Å²) in [6.07, 6.45) is -5.26. The van der Waals surface area contributed by atoms with Gasteiger partial charge in [-0.25, -0.2) is 0 Å². The van der Waals surface area contributed by atoms with E-state index in [-0.39, 0.29) is 13.2 Å². The molecule has 0 amide bonds. The molecule has 0 saturated carbocycles. The molecule has 4 nitrogen and oxygen atoms in total. The number of rotatable bonds is 7. The van der Waals surface area contributed by atoms with E-state index in [2.05, 4.69) is 0 Å². The summed E-state index contributed by atoms with van der Waals surface area (Å²) in [6.45, 7) is -0.815. The maximum Gasteiger partial charge on any atom is 0.401 e. The molecule has 0 spiro atoms. The fraction of sp³-hybridized carbons (Fsp3) is 0.538. The lowest BCUT2D eigenvalue weighted by molar-refractivity contribution is -0.145. The van der Waals surface area contributed by atoms with Gasteiger partial charge in [0.15, 0.2) is 0 Å². The summed E-state index contributed by atoms with van der Waals surface area (Å²) in [4.78, 5) is 1.01. The quantitative estimate of drug-likeness (QED) is 0.797. The second-order valence-electron chi connectivity index (χ2n) is 4.62. The average Bonchev–Trinajstić information content (AvgIpc) is 2.34. The molecule has 0 aliphatic heterocycles. The van der Waals surface area contributed by atoms with E-state index in [4.69, 9.17) is 10.5 Å². The number of benzene rings is 1. The lowest BCUT2D eigenvalue weighted by atomic mass is 10.2. The first-order valence-corrected chi connectivity index (χ1v) is 6.15. The van der Waals surface area contributed by atoms with Crippen LogP contribution in [0.3, 0.4) is 0 Å². The molecule has 3 N–H and O–H groups in total. The molecule has 1 unspecified atom stereocenters. The molecule has 1 rings (SSSR count). The van der Waals surface area contributed by atoms with Gasteiger partial charge >= 0.3 is 6.18 Å². The first kappa shape index (κ1) is 16.7. The third-order valence-electron chi connectivity index (χ3n) is 2.57. The fourth-order valence-corrected chi connectivity index (χ4v) is 1.70. The van der Waals surface area contributed by atoms with Crippen LogP contribution in [0.4, 0.5) is 13.2 Å². The smallest absolute Gasteiger partial charge is 0.401 e. The highest BCUT2D eigenvalue weighted by molar-refractivity contribution is 5.27. The van der Waals surface area contributed by atoms with Crippen LogP contribution in [0, 0.1) is 0 Å². The lowest BCUT2D eigenvalue weighted by Gasteiger charge is -2.21. The highest BCUT2D eigenvalue weighted by Crippen LogP contribution is 2.16. The molecular formula is C13H19F3N2O2. The van der Waals surface area contributed by atoms with Crippen LogP contribution in [0.1, 0.15) is 5.56 Å². The van der Waals surface area contributed by atoms with E-state index in [0.29, 0.717) is 12.3 Å². The molecule has 0 fully saturated rings. The number of aliphatic hydroxyl groups excluding tert-OH is 1. The normalized spacial score (nSPS) is 13.6. The minimum absolute atomic E-state index is 0.0653. The van der Waals surface area contributed by atoms with E-state index in [1.807, 2.05) is 0 Å². The third kappa shape index (κ3) is 6.74. The van der Waals surface area contributed by atoms with Crippen molar-refractivity contribution in [2.45, 2.75) is 18.8 Å². The van der Waals surface area contributed by atoms with Gasteiger partial charge in [-0.15, -0.1) is 0 Å². The van der Waals surface area contributed by atoms with E-state index in [0.717, 1.165) is 10.5 Å². The molecule has 20 heavy (non-hydrogen) atoms. The van der Waals surface area contributed by atoms with Crippen LogP contribution in [-0.4, -0.2) is 49.0 Å². The topological polar surface area (TPSA) is 58.7 Å². The molecule has 7 heteroatoms. The van der Waals surface area contributed by atoms with E-state index >= 15 is 0 Å². The largest absolute Gasteiger partial charge is 0.491 e. The Hall–Kier alpha value is -1.31. The number of likely N-dealkylation sites (N-methyl/N-ethyl adjacent to an activating group) is 1. The van der Waals surface area contributed by atoms with E-state index in [1.54, 1.807) is 24.3 Å². The number of alkyl halides is 3. The molecule has 0 aromatic heterocycles.